The topological polar surface area (TPSA) is 56.1 Å². The first-order valence-corrected chi connectivity index (χ1v) is 12.2. The van der Waals surface area contributed by atoms with Gasteiger partial charge < -0.3 is 14.6 Å². The quantitative estimate of drug-likeness (QED) is 0.271. The standard InChI is InChI=1S/C31H28FN3O2/c1-37-26-12-8-24(9-13-26)28(18-31(36)34-19-22-14-16-33-17-15-22)29-21-35(30-5-3-2-4-27(29)30)20-23-6-10-25(32)11-7-23/h2-17,21,28H,18-20H2,1H3,(H,34,36). The van der Waals surface area contributed by atoms with Gasteiger partial charge in [0.2, 0.25) is 5.91 Å². The Kier molecular flexibility index (Phi) is 7.26. The number of aromatic nitrogens is 2. The van der Waals surface area contributed by atoms with E-state index in [1.165, 1.54) is 12.1 Å². The first-order chi connectivity index (χ1) is 18.1. The predicted octanol–water partition coefficient (Wildman–Crippen LogP) is 6.07. The molecule has 6 heteroatoms. The van der Waals surface area contributed by atoms with Gasteiger partial charge in [-0.3, -0.25) is 9.78 Å². The number of hydrogen-bond acceptors (Lipinski definition) is 3. The molecule has 0 fully saturated rings. The number of rotatable bonds is 9. The molecule has 1 amide bonds. The molecule has 0 aliphatic rings. The van der Waals surface area contributed by atoms with E-state index < -0.39 is 0 Å². The van der Waals surface area contributed by atoms with Gasteiger partial charge in [-0.2, -0.15) is 0 Å². The fraction of sp³-hybridized carbons (Fsp3) is 0.161. The molecule has 5 rings (SSSR count). The Morgan fingerprint density at radius 2 is 1.68 bits per heavy atom. The first-order valence-electron chi connectivity index (χ1n) is 12.2. The van der Waals surface area contributed by atoms with E-state index in [-0.39, 0.29) is 17.6 Å². The summed E-state index contributed by atoms with van der Waals surface area (Å²) in [5.41, 5.74) is 5.18. The predicted molar refractivity (Wildman–Crippen MR) is 143 cm³/mol. The van der Waals surface area contributed by atoms with E-state index in [1.54, 1.807) is 31.6 Å². The van der Waals surface area contributed by atoms with Crippen LogP contribution >= 0.6 is 0 Å². The number of pyridine rings is 1. The smallest absolute Gasteiger partial charge is 0.221 e. The fourth-order valence-electron chi connectivity index (χ4n) is 4.67. The highest BCUT2D eigenvalue weighted by atomic mass is 19.1. The van der Waals surface area contributed by atoms with Gasteiger partial charge in [-0.05, 0) is 64.7 Å². The Morgan fingerprint density at radius 1 is 0.946 bits per heavy atom. The average molecular weight is 494 g/mol. The number of nitrogens with zero attached hydrogens (tertiary/aromatic N) is 2. The van der Waals surface area contributed by atoms with E-state index in [1.807, 2.05) is 48.5 Å². The van der Waals surface area contributed by atoms with E-state index >= 15 is 0 Å². The Morgan fingerprint density at radius 3 is 2.41 bits per heavy atom. The Bertz CT molecular complexity index is 1480. The van der Waals surface area contributed by atoms with Crippen molar-refractivity contribution in [1.82, 2.24) is 14.9 Å². The minimum absolute atomic E-state index is 0.0343. The summed E-state index contributed by atoms with van der Waals surface area (Å²) in [7, 11) is 1.64. The van der Waals surface area contributed by atoms with Crippen LogP contribution in [-0.4, -0.2) is 22.6 Å². The number of carbonyl (C=O) groups excluding carboxylic acids is 1. The van der Waals surface area contributed by atoms with Gasteiger partial charge in [0.1, 0.15) is 11.6 Å². The molecular weight excluding hydrogens is 465 g/mol. The van der Waals surface area contributed by atoms with E-state index in [2.05, 4.69) is 33.2 Å². The average Bonchev–Trinajstić information content (AvgIpc) is 3.30. The van der Waals surface area contributed by atoms with Crippen molar-refractivity contribution in [2.45, 2.75) is 25.4 Å². The van der Waals surface area contributed by atoms with Crippen molar-refractivity contribution in [2.75, 3.05) is 7.11 Å². The van der Waals surface area contributed by atoms with Crippen molar-refractivity contribution in [3.63, 3.8) is 0 Å². The van der Waals surface area contributed by atoms with Crippen LogP contribution in [-0.2, 0) is 17.9 Å². The van der Waals surface area contributed by atoms with Gasteiger partial charge in [0, 0.05) is 54.9 Å². The van der Waals surface area contributed by atoms with E-state index in [9.17, 15) is 9.18 Å². The number of benzene rings is 3. The third-order valence-corrected chi connectivity index (χ3v) is 6.61. The second kappa shape index (κ2) is 11.1. The van der Waals surface area contributed by atoms with E-state index in [0.29, 0.717) is 19.5 Å². The number of fused-ring (bicyclic) bond motifs is 1. The normalized spacial score (nSPS) is 11.8. The van der Waals surface area contributed by atoms with Gasteiger partial charge in [0.25, 0.3) is 0 Å². The highest BCUT2D eigenvalue weighted by Crippen LogP contribution is 2.36. The number of ether oxygens (including phenoxy) is 1. The summed E-state index contributed by atoms with van der Waals surface area (Å²) < 4.78 is 21.0. The number of para-hydroxylation sites is 1. The Labute approximate surface area is 215 Å². The molecule has 0 saturated heterocycles. The zero-order valence-corrected chi connectivity index (χ0v) is 20.6. The van der Waals surface area contributed by atoms with Gasteiger partial charge in [0.05, 0.1) is 7.11 Å². The zero-order chi connectivity index (χ0) is 25.6. The van der Waals surface area contributed by atoms with Gasteiger partial charge in [0.15, 0.2) is 0 Å². The lowest BCUT2D eigenvalue weighted by molar-refractivity contribution is -0.121. The Balaban J connectivity index is 1.49. The van der Waals surface area contributed by atoms with Crippen LogP contribution in [0.25, 0.3) is 10.9 Å². The molecule has 186 valence electrons. The summed E-state index contributed by atoms with van der Waals surface area (Å²) in [6.07, 6.45) is 5.86. The summed E-state index contributed by atoms with van der Waals surface area (Å²) in [6.45, 7) is 1.05. The minimum atomic E-state index is -0.251. The maximum atomic E-state index is 13.5. The van der Waals surface area contributed by atoms with Crippen molar-refractivity contribution in [3.05, 3.63) is 132 Å². The third-order valence-electron chi connectivity index (χ3n) is 6.61. The molecule has 1 N–H and O–H groups in total. The monoisotopic (exact) mass is 493 g/mol. The van der Waals surface area contributed by atoms with Crippen molar-refractivity contribution < 1.29 is 13.9 Å². The zero-order valence-electron chi connectivity index (χ0n) is 20.6. The molecule has 1 unspecified atom stereocenters. The minimum Gasteiger partial charge on any atom is -0.497 e. The Hall–Kier alpha value is -4.45. The van der Waals surface area contributed by atoms with Crippen LogP contribution < -0.4 is 10.1 Å². The molecule has 2 aromatic heterocycles. The molecule has 1 atom stereocenters. The summed E-state index contributed by atoms with van der Waals surface area (Å²) in [4.78, 5) is 17.2. The van der Waals surface area contributed by atoms with E-state index in [0.717, 1.165) is 38.9 Å². The lowest BCUT2D eigenvalue weighted by Crippen LogP contribution is -2.25. The number of nitrogens with one attached hydrogen (secondary N) is 1. The molecule has 5 aromatic rings. The van der Waals surface area contributed by atoms with Crippen molar-refractivity contribution in [3.8, 4) is 5.75 Å². The fourth-order valence-corrected chi connectivity index (χ4v) is 4.67. The molecule has 0 aliphatic carbocycles. The number of hydrogen-bond donors (Lipinski definition) is 1. The molecule has 0 spiro atoms. The molecule has 0 saturated carbocycles. The lowest BCUT2D eigenvalue weighted by atomic mass is 9.88. The largest absolute Gasteiger partial charge is 0.497 e. The molecular formula is C31H28FN3O2. The second-order valence-electron chi connectivity index (χ2n) is 9.02. The van der Waals surface area contributed by atoms with Crippen LogP contribution in [0.4, 0.5) is 4.39 Å². The van der Waals surface area contributed by atoms with Crippen LogP contribution in [0.3, 0.4) is 0 Å². The number of methoxy groups -OCH3 is 1. The van der Waals surface area contributed by atoms with Gasteiger partial charge in [-0.1, -0.05) is 42.5 Å². The number of halogens is 1. The van der Waals surface area contributed by atoms with Crippen LogP contribution in [0.1, 0.15) is 34.6 Å². The second-order valence-corrected chi connectivity index (χ2v) is 9.02. The molecule has 3 aromatic carbocycles. The summed E-state index contributed by atoms with van der Waals surface area (Å²) in [5.74, 6) is 0.318. The van der Waals surface area contributed by atoms with Crippen molar-refractivity contribution in [2.24, 2.45) is 0 Å². The summed E-state index contributed by atoms with van der Waals surface area (Å²) >= 11 is 0. The molecule has 0 radical (unpaired) electrons. The lowest BCUT2D eigenvalue weighted by Gasteiger charge is -2.18. The van der Waals surface area contributed by atoms with Gasteiger partial charge in [-0.15, -0.1) is 0 Å². The summed E-state index contributed by atoms with van der Waals surface area (Å²) in [6, 6.07) is 26.4. The van der Waals surface area contributed by atoms with Crippen molar-refractivity contribution >= 4 is 16.8 Å². The van der Waals surface area contributed by atoms with Crippen LogP contribution in [0.5, 0.6) is 5.75 Å². The highest BCUT2D eigenvalue weighted by Gasteiger charge is 2.23. The SMILES string of the molecule is COc1ccc(C(CC(=O)NCc2ccncc2)c2cn(Cc3ccc(F)cc3)c3ccccc23)cc1. The van der Waals surface area contributed by atoms with Crippen LogP contribution in [0.2, 0.25) is 0 Å². The molecule has 0 aliphatic heterocycles. The maximum Gasteiger partial charge on any atom is 0.221 e. The van der Waals surface area contributed by atoms with Crippen molar-refractivity contribution in [1.29, 1.82) is 0 Å². The van der Waals surface area contributed by atoms with Crippen LogP contribution in [0, 0.1) is 5.82 Å². The number of carbonyl (C=O) groups is 1. The third kappa shape index (κ3) is 5.70. The van der Waals surface area contributed by atoms with Crippen LogP contribution in [0.15, 0.2) is 104 Å². The van der Waals surface area contributed by atoms with Gasteiger partial charge in [-0.25, -0.2) is 4.39 Å². The summed E-state index contributed by atoms with van der Waals surface area (Å²) in [5, 5.41) is 4.15. The highest BCUT2D eigenvalue weighted by molar-refractivity contribution is 5.86. The van der Waals surface area contributed by atoms with Gasteiger partial charge >= 0.3 is 0 Å². The van der Waals surface area contributed by atoms with E-state index in [4.69, 9.17) is 4.74 Å². The maximum absolute atomic E-state index is 13.5. The first kappa shape index (κ1) is 24.3. The molecule has 0 bridgehead atoms. The number of amides is 1. The molecule has 5 nitrogen and oxygen atoms in total. The molecule has 2 heterocycles. The molecule has 37 heavy (non-hydrogen) atoms.